The smallest absolute Gasteiger partial charge is 0.264 e. The summed E-state index contributed by atoms with van der Waals surface area (Å²) >= 11 is 1.62. The van der Waals surface area contributed by atoms with E-state index in [9.17, 15) is 4.79 Å². The van der Waals surface area contributed by atoms with Crippen molar-refractivity contribution < 1.29 is 4.79 Å². The third-order valence-electron chi connectivity index (χ3n) is 3.97. The number of likely N-dealkylation sites (tertiary alicyclic amines) is 1. The Hall–Kier alpha value is -0.870. The van der Waals surface area contributed by atoms with Crippen LogP contribution in [0.3, 0.4) is 0 Å². The molecule has 18 heavy (non-hydrogen) atoms. The van der Waals surface area contributed by atoms with Gasteiger partial charge in [-0.05, 0) is 61.7 Å². The van der Waals surface area contributed by atoms with E-state index in [1.807, 2.05) is 11.9 Å². The maximum atomic E-state index is 12.5. The monoisotopic (exact) mass is 264 g/mol. The molecular formula is C14H20N2OS. The van der Waals surface area contributed by atoms with Gasteiger partial charge in [0, 0.05) is 13.1 Å². The van der Waals surface area contributed by atoms with E-state index in [4.69, 9.17) is 0 Å². The third kappa shape index (κ3) is 2.31. The molecule has 2 heterocycles. The van der Waals surface area contributed by atoms with Crippen LogP contribution in [0.5, 0.6) is 0 Å². The number of carbonyl (C=O) groups is 1. The van der Waals surface area contributed by atoms with Crippen LogP contribution in [-0.2, 0) is 0 Å². The maximum absolute atomic E-state index is 12.5. The second-order valence-electron chi connectivity index (χ2n) is 5.44. The Bertz CT molecular complexity index is 439. The van der Waals surface area contributed by atoms with E-state index in [1.54, 1.807) is 11.3 Å². The molecule has 1 amide bonds. The molecule has 1 aliphatic carbocycles. The molecule has 1 aliphatic heterocycles. The van der Waals surface area contributed by atoms with Crippen molar-refractivity contribution >= 4 is 17.2 Å². The van der Waals surface area contributed by atoms with Gasteiger partial charge in [-0.25, -0.2) is 0 Å². The molecule has 1 aromatic heterocycles. The minimum atomic E-state index is 0.269. The molecule has 3 rings (SSSR count). The van der Waals surface area contributed by atoms with Gasteiger partial charge in [0.05, 0.1) is 4.88 Å². The van der Waals surface area contributed by atoms with Crippen molar-refractivity contribution in [2.24, 2.45) is 5.92 Å². The molecule has 1 atom stereocenters. The minimum Gasteiger partial charge on any atom is -0.338 e. The van der Waals surface area contributed by atoms with Gasteiger partial charge in [-0.3, -0.25) is 4.79 Å². The summed E-state index contributed by atoms with van der Waals surface area (Å²) in [5.74, 6) is 1.57. The lowest BCUT2D eigenvalue weighted by Gasteiger charge is -2.16. The van der Waals surface area contributed by atoms with Gasteiger partial charge in [0.2, 0.25) is 0 Å². The van der Waals surface area contributed by atoms with E-state index in [-0.39, 0.29) is 5.91 Å². The fourth-order valence-corrected chi connectivity index (χ4v) is 3.78. The van der Waals surface area contributed by atoms with Crippen LogP contribution in [0, 0.1) is 5.92 Å². The van der Waals surface area contributed by atoms with E-state index in [0.717, 1.165) is 30.9 Å². The molecular weight excluding hydrogens is 244 g/mol. The van der Waals surface area contributed by atoms with Gasteiger partial charge in [-0.2, -0.15) is 0 Å². The predicted octanol–water partition coefficient (Wildman–Crippen LogP) is 2.31. The topological polar surface area (TPSA) is 32.3 Å². The van der Waals surface area contributed by atoms with Crippen LogP contribution in [-0.4, -0.2) is 37.5 Å². The van der Waals surface area contributed by atoms with Crippen molar-refractivity contribution in [1.82, 2.24) is 10.2 Å². The number of carbonyl (C=O) groups excluding carboxylic acids is 1. The zero-order chi connectivity index (χ0) is 12.5. The summed E-state index contributed by atoms with van der Waals surface area (Å²) in [6, 6.07) is 2.15. The molecule has 2 fully saturated rings. The van der Waals surface area contributed by atoms with Crippen LogP contribution < -0.4 is 5.32 Å². The van der Waals surface area contributed by atoms with E-state index in [1.165, 1.54) is 18.4 Å². The second-order valence-corrected chi connectivity index (χ2v) is 6.36. The average molecular weight is 264 g/mol. The molecule has 4 heteroatoms. The number of amides is 1. The van der Waals surface area contributed by atoms with Crippen LogP contribution >= 0.6 is 11.3 Å². The van der Waals surface area contributed by atoms with Gasteiger partial charge >= 0.3 is 0 Å². The van der Waals surface area contributed by atoms with Gasteiger partial charge in [0.15, 0.2) is 0 Å². The highest BCUT2D eigenvalue weighted by Crippen LogP contribution is 2.43. The first-order valence-electron chi connectivity index (χ1n) is 6.81. The highest BCUT2D eigenvalue weighted by molar-refractivity contribution is 7.12. The summed E-state index contributed by atoms with van der Waals surface area (Å²) < 4.78 is 0. The summed E-state index contributed by atoms with van der Waals surface area (Å²) in [6.45, 7) is 2.86. The Labute approximate surface area is 112 Å². The summed E-state index contributed by atoms with van der Waals surface area (Å²) in [4.78, 5) is 15.6. The largest absolute Gasteiger partial charge is 0.338 e. The van der Waals surface area contributed by atoms with Crippen molar-refractivity contribution in [1.29, 1.82) is 0 Å². The van der Waals surface area contributed by atoms with Crippen molar-refractivity contribution in [3.8, 4) is 0 Å². The number of nitrogens with zero attached hydrogens (tertiary/aromatic N) is 1. The fourth-order valence-electron chi connectivity index (χ4n) is 2.82. The number of hydrogen-bond donors (Lipinski definition) is 1. The first-order valence-corrected chi connectivity index (χ1v) is 7.69. The number of thiophene rings is 1. The zero-order valence-corrected chi connectivity index (χ0v) is 11.6. The molecule has 0 spiro atoms. The number of hydrogen-bond acceptors (Lipinski definition) is 3. The Kier molecular flexibility index (Phi) is 3.39. The predicted molar refractivity (Wildman–Crippen MR) is 74.2 cm³/mol. The van der Waals surface area contributed by atoms with Crippen LogP contribution in [0.2, 0.25) is 0 Å². The van der Waals surface area contributed by atoms with E-state index >= 15 is 0 Å². The Balaban J connectivity index is 1.69. The van der Waals surface area contributed by atoms with Crippen molar-refractivity contribution in [2.75, 3.05) is 26.7 Å². The van der Waals surface area contributed by atoms with Crippen LogP contribution in [0.15, 0.2) is 11.4 Å². The zero-order valence-electron chi connectivity index (χ0n) is 10.8. The molecule has 0 aromatic carbocycles. The molecule has 0 radical (unpaired) electrons. The molecule has 98 valence electrons. The van der Waals surface area contributed by atoms with Crippen LogP contribution in [0.1, 0.15) is 40.4 Å². The molecule has 1 aromatic rings. The SMILES string of the molecule is CNC[C@@H]1CCN(C(=O)c2sccc2C2CC2)C1. The van der Waals surface area contributed by atoms with Gasteiger partial charge in [0.25, 0.3) is 5.91 Å². The maximum Gasteiger partial charge on any atom is 0.264 e. The lowest BCUT2D eigenvalue weighted by atomic mass is 10.1. The van der Waals surface area contributed by atoms with Crippen LogP contribution in [0.25, 0.3) is 0 Å². The summed E-state index contributed by atoms with van der Waals surface area (Å²) in [7, 11) is 1.98. The standard InChI is InChI=1S/C14H20N2OS/c1-15-8-10-4-6-16(9-10)14(17)13-12(5-7-18-13)11-2-3-11/h5,7,10-11,15H,2-4,6,8-9H2,1H3/t10-/m0/s1. The Morgan fingerprint density at radius 2 is 2.33 bits per heavy atom. The normalized spacial score (nSPS) is 23.6. The number of nitrogens with one attached hydrogen (secondary N) is 1. The lowest BCUT2D eigenvalue weighted by molar-refractivity contribution is 0.0791. The highest BCUT2D eigenvalue weighted by atomic mass is 32.1. The Morgan fingerprint density at radius 3 is 3.06 bits per heavy atom. The van der Waals surface area contributed by atoms with Gasteiger partial charge in [-0.1, -0.05) is 0 Å². The average Bonchev–Trinajstić information content (AvgIpc) is 2.93. The van der Waals surface area contributed by atoms with Crippen molar-refractivity contribution in [3.05, 3.63) is 21.9 Å². The van der Waals surface area contributed by atoms with E-state index < -0.39 is 0 Å². The van der Waals surface area contributed by atoms with Crippen molar-refractivity contribution in [3.63, 3.8) is 0 Å². The van der Waals surface area contributed by atoms with E-state index in [0.29, 0.717) is 11.8 Å². The molecule has 2 aliphatic rings. The Morgan fingerprint density at radius 1 is 1.50 bits per heavy atom. The van der Waals surface area contributed by atoms with Gasteiger partial charge in [-0.15, -0.1) is 11.3 Å². The van der Waals surface area contributed by atoms with Gasteiger partial charge in [0.1, 0.15) is 0 Å². The van der Waals surface area contributed by atoms with Gasteiger partial charge < -0.3 is 10.2 Å². The molecule has 1 saturated heterocycles. The third-order valence-corrected chi connectivity index (χ3v) is 4.89. The number of rotatable bonds is 4. The highest BCUT2D eigenvalue weighted by Gasteiger charge is 2.32. The first kappa shape index (κ1) is 12.2. The molecule has 1 saturated carbocycles. The van der Waals surface area contributed by atoms with E-state index in [2.05, 4.69) is 16.8 Å². The summed E-state index contributed by atoms with van der Waals surface area (Å²) in [5, 5.41) is 5.28. The van der Waals surface area contributed by atoms with Crippen LogP contribution in [0.4, 0.5) is 0 Å². The molecule has 3 nitrogen and oxygen atoms in total. The molecule has 0 bridgehead atoms. The second kappa shape index (κ2) is 5.02. The molecule has 1 N–H and O–H groups in total. The van der Waals surface area contributed by atoms with Crippen molar-refractivity contribution in [2.45, 2.75) is 25.2 Å². The fraction of sp³-hybridized carbons (Fsp3) is 0.643. The lowest BCUT2D eigenvalue weighted by Crippen LogP contribution is -2.30. The summed E-state index contributed by atoms with van der Waals surface area (Å²) in [5.41, 5.74) is 1.31. The quantitative estimate of drug-likeness (QED) is 0.905. The first-order chi connectivity index (χ1) is 8.79. The summed E-state index contributed by atoms with van der Waals surface area (Å²) in [6.07, 6.45) is 3.66. The minimum absolute atomic E-state index is 0.269. The molecule has 0 unspecified atom stereocenters.